The molecule has 8 heteroatoms. The monoisotopic (exact) mass is 270 g/mol. The van der Waals surface area contributed by atoms with Gasteiger partial charge < -0.3 is 25.6 Å². The maximum Gasteiger partial charge on any atom is 0.351 e. The Labute approximate surface area is 110 Å². The van der Waals surface area contributed by atoms with Crippen molar-refractivity contribution in [2.24, 2.45) is 0 Å². The van der Waals surface area contributed by atoms with E-state index in [9.17, 15) is 9.90 Å². The van der Waals surface area contributed by atoms with Crippen molar-refractivity contribution in [3.8, 4) is 0 Å². The maximum atomic E-state index is 11.8. The lowest BCUT2D eigenvalue weighted by atomic mass is 10.2. The standard InChI is InChI=1S/C11H18N4O4/c1-14(2)6-4-15(11(18)13-10(6)12)9-3-7(17)8(5-16)19-9/h4,7-9,16-17H,3,5H2,1-2H3,(H2,12,13,18)/t7-,8+,9-/m1/s1. The third-order valence-corrected chi connectivity index (χ3v) is 3.14. The number of aliphatic hydroxyl groups excluding tert-OH is 2. The van der Waals surface area contributed by atoms with E-state index in [1.807, 2.05) is 0 Å². The molecule has 0 unspecified atom stereocenters. The third-order valence-electron chi connectivity index (χ3n) is 3.14. The quantitative estimate of drug-likeness (QED) is 0.614. The molecule has 0 radical (unpaired) electrons. The van der Waals surface area contributed by atoms with E-state index in [0.29, 0.717) is 5.69 Å². The minimum absolute atomic E-state index is 0.142. The number of nitrogens with zero attached hydrogens (tertiary/aromatic N) is 3. The highest BCUT2D eigenvalue weighted by atomic mass is 16.5. The molecule has 1 aromatic rings. The lowest BCUT2D eigenvalue weighted by molar-refractivity contribution is -0.0458. The molecule has 1 aliphatic rings. The average molecular weight is 270 g/mol. The van der Waals surface area contributed by atoms with Crippen molar-refractivity contribution < 1.29 is 14.9 Å². The van der Waals surface area contributed by atoms with Crippen molar-refractivity contribution in [1.29, 1.82) is 0 Å². The number of aromatic nitrogens is 2. The first-order valence-electron chi connectivity index (χ1n) is 5.94. The van der Waals surface area contributed by atoms with E-state index in [-0.39, 0.29) is 18.8 Å². The zero-order valence-electron chi connectivity index (χ0n) is 10.9. The van der Waals surface area contributed by atoms with Gasteiger partial charge in [-0.2, -0.15) is 4.98 Å². The lowest BCUT2D eigenvalue weighted by Gasteiger charge is -2.19. The average Bonchev–Trinajstić information content (AvgIpc) is 2.69. The van der Waals surface area contributed by atoms with Gasteiger partial charge in [0.2, 0.25) is 0 Å². The van der Waals surface area contributed by atoms with Crippen molar-refractivity contribution in [3.05, 3.63) is 16.7 Å². The van der Waals surface area contributed by atoms with Crippen molar-refractivity contribution in [3.63, 3.8) is 0 Å². The Balaban J connectivity index is 2.36. The fourth-order valence-corrected chi connectivity index (χ4v) is 2.07. The van der Waals surface area contributed by atoms with E-state index in [1.54, 1.807) is 25.2 Å². The van der Waals surface area contributed by atoms with Gasteiger partial charge in [-0.05, 0) is 0 Å². The second-order valence-corrected chi connectivity index (χ2v) is 4.71. The maximum absolute atomic E-state index is 11.8. The predicted octanol–water partition coefficient (Wildman–Crippen LogP) is -1.47. The van der Waals surface area contributed by atoms with Crippen LogP contribution in [-0.4, -0.2) is 52.7 Å². The summed E-state index contributed by atoms with van der Waals surface area (Å²) < 4.78 is 6.71. The van der Waals surface area contributed by atoms with E-state index in [2.05, 4.69) is 4.98 Å². The van der Waals surface area contributed by atoms with Gasteiger partial charge in [0.25, 0.3) is 0 Å². The summed E-state index contributed by atoms with van der Waals surface area (Å²) in [7, 11) is 3.56. The van der Waals surface area contributed by atoms with Gasteiger partial charge in [0, 0.05) is 26.7 Å². The van der Waals surface area contributed by atoms with Crippen LogP contribution >= 0.6 is 0 Å². The van der Waals surface area contributed by atoms with Crippen molar-refractivity contribution in [1.82, 2.24) is 9.55 Å². The van der Waals surface area contributed by atoms with Crippen LogP contribution < -0.4 is 16.3 Å². The topological polar surface area (TPSA) is 114 Å². The predicted molar refractivity (Wildman–Crippen MR) is 68.9 cm³/mol. The number of ether oxygens (including phenoxy) is 1. The number of anilines is 2. The summed E-state index contributed by atoms with van der Waals surface area (Å²) in [4.78, 5) is 17.3. The zero-order valence-corrected chi connectivity index (χ0v) is 10.9. The number of nitrogens with two attached hydrogens (primary N) is 1. The molecule has 4 N–H and O–H groups in total. The van der Waals surface area contributed by atoms with Crippen LogP contribution in [0.4, 0.5) is 11.5 Å². The van der Waals surface area contributed by atoms with Crippen LogP contribution in [0, 0.1) is 0 Å². The Morgan fingerprint density at radius 1 is 1.63 bits per heavy atom. The Hall–Kier alpha value is -1.64. The minimum Gasteiger partial charge on any atom is -0.394 e. The molecule has 2 heterocycles. The molecular formula is C11H18N4O4. The first-order chi connectivity index (χ1) is 8.93. The number of nitrogen functional groups attached to an aromatic ring is 1. The number of aliphatic hydroxyl groups is 2. The highest BCUT2D eigenvalue weighted by Gasteiger charge is 2.35. The van der Waals surface area contributed by atoms with Gasteiger partial charge in [-0.3, -0.25) is 4.57 Å². The summed E-state index contributed by atoms with van der Waals surface area (Å²) in [5, 5.41) is 18.7. The van der Waals surface area contributed by atoms with Crippen molar-refractivity contribution in [2.45, 2.75) is 24.9 Å². The van der Waals surface area contributed by atoms with Crippen LogP contribution in [0.3, 0.4) is 0 Å². The SMILES string of the molecule is CN(C)c1cn([C@H]2C[C@@H](O)[C@H](CO)O2)c(=O)nc1N. The summed E-state index contributed by atoms with van der Waals surface area (Å²) in [6.45, 7) is -0.296. The van der Waals surface area contributed by atoms with Crippen LogP contribution in [0.25, 0.3) is 0 Å². The second-order valence-electron chi connectivity index (χ2n) is 4.71. The van der Waals surface area contributed by atoms with Crippen molar-refractivity contribution >= 4 is 11.5 Å². The van der Waals surface area contributed by atoms with Gasteiger partial charge in [-0.25, -0.2) is 4.79 Å². The number of hydrogen-bond acceptors (Lipinski definition) is 7. The first-order valence-corrected chi connectivity index (χ1v) is 5.94. The Bertz CT molecular complexity index is 516. The first kappa shape index (κ1) is 13.8. The van der Waals surface area contributed by atoms with Crippen LogP contribution in [0.15, 0.2) is 11.0 Å². The fourth-order valence-electron chi connectivity index (χ4n) is 2.07. The fraction of sp³-hybridized carbons (Fsp3) is 0.636. The Morgan fingerprint density at radius 3 is 2.84 bits per heavy atom. The molecule has 0 saturated carbocycles. The molecule has 1 aromatic heterocycles. The normalized spacial score (nSPS) is 26.6. The summed E-state index contributed by atoms with van der Waals surface area (Å²) in [5.74, 6) is 0.142. The van der Waals surface area contributed by atoms with Gasteiger partial charge in [-0.1, -0.05) is 0 Å². The Kier molecular flexibility index (Phi) is 3.74. The molecule has 1 aliphatic heterocycles. The van der Waals surface area contributed by atoms with Crippen molar-refractivity contribution in [2.75, 3.05) is 31.3 Å². The van der Waals surface area contributed by atoms with E-state index >= 15 is 0 Å². The molecule has 0 spiro atoms. The van der Waals surface area contributed by atoms with Gasteiger partial charge in [-0.15, -0.1) is 0 Å². The summed E-state index contributed by atoms with van der Waals surface area (Å²) in [5.41, 5.74) is 5.72. The van der Waals surface area contributed by atoms with Gasteiger partial charge in [0.05, 0.1) is 18.4 Å². The Morgan fingerprint density at radius 2 is 2.32 bits per heavy atom. The van der Waals surface area contributed by atoms with Gasteiger partial charge in [0.1, 0.15) is 12.3 Å². The summed E-state index contributed by atoms with van der Waals surface area (Å²) in [6, 6.07) is 0. The van der Waals surface area contributed by atoms with Crippen LogP contribution in [-0.2, 0) is 4.74 Å². The van der Waals surface area contributed by atoms with Gasteiger partial charge >= 0.3 is 5.69 Å². The largest absolute Gasteiger partial charge is 0.394 e. The molecule has 1 fully saturated rings. The third kappa shape index (κ3) is 2.55. The van der Waals surface area contributed by atoms with E-state index < -0.39 is 24.1 Å². The molecular weight excluding hydrogens is 252 g/mol. The van der Waals surface area contributed by atoms with E-state index in [0.717, 1.165) is 0 Å². The lowest BCUT2D eigenvalue weighted by Crippen LogP contribution is -2.30. The molecule has 106 valence electrons. The highest BCUT2D eigenvalue weighted by Crippen LogP contribution is 2.28. The zero-order chi connectivity index (χ0) is 14.2. The molecule has 2 rings (SSSR count). The molecule has 3 atom stereocenters. The number of rotatable bonds is 3. The van der Waals surface area contributed by atoms with Crippen LogP contribution in [0.1, 0.15) is 12.6 Å². The molecule has 1 saturated heterocycles. The van der Waals surface area contributed by atoms with Crippen LogP contribution in [0.2, 0.25) is 0 Å². The van der Waals surface area contributed by atoms with E-state index in [4.69, 9.17) is 15.6 Å². The smallest absolute Gasteiger partial charge is 0.351 e. The minimum atomic E-state index is -0.803. The molecule has 0 aromatic carbocycles. The molecule has 19 heavy (non-hydrogen) atoms. The van der Waals surface area contributed by atoms with Crippen LogP contribution in [0.5, 0.6) is 0 Å². The second kappa shape index (κ2) is 5.16. The summed E-state index contributed by atoms with van der Waals surface area (Å²) >= 11 is 0. The molecule has 8 nitrogen and oxygen atoms in total. The summed E-state index contributed by atoms with van der Waals surface area (Å²) in [6.07, 6.45) is -0.364. The highest BCUT2D eigenvalue weighted by molar-refractivity contribution is 5.60. The molecule has 0 amide bonds. The van der Waals surface area contributed by atoms with Gasteiger partial charge in [0.15, 0.2) is 5.82 Å². The van der Waals surface area contributed by atoms with E-state index in [1.165, 1.54) is 4.57 Å². The number of hydrogen-bond donors (Lipinski definition) is 3. The molecule has 0 aliphatic carbocycles. The molecule has 0 bridgehead atoms.